The van der Waals surface area contributed by atoms with E-state index in [4.69, 9.17) is 4.74 Å². The number of hydrogen-bond acceptors (Lipinski definition) is 4. The minimum atomic E-state index is -0.443. The van der Waals surface area contributed by atoms with Crippen molar-refractivity contribution in [3.8, 4) is 0 Å². The van der Waals surface area contributed by atoms with Crippen LogP contribution in [0.1, 0.15) is 31.4 Å². The Morgan fingerprint density at radius 3 is 2.70 bits per heavy atom. The summed E-state index contributed by atoms with van der Waals surface area (Å²) in [5.74, 6) is 1.21. The standard InChI is InChI=1S/C16H27NO2S/c1-14(15-8-4-3-5-9-15)19-13-16(18)12-17-10-6-7-11-20-2/h3-5,8-9,14,16-18H,6-7,10-13H2,1-2H3. The van der Waals surface area contributed by atoms with Crippen LogP contribution in [-0.4, -0.2) is 42.9 Å². The summed E-state index contributed by atoms with van der Waals surface area (Å²) in [6, 6.07) is 10.1. The fourth-order valence-electron chi connectivity index (χ4n) is 1.90. The number of nitrogens with one attached hydrogen (secondary N) is 1. The summed E-state index contributed by atoms with van der Waals surface area (Å²) in [4.78, 5) is 0. The summed E-state index contributed by atoms with van der Waals surface area (Å²) < 4.78 is 5.69. The molecule has 0 aliphatic rings. The van der Waals surface area contributed by atoms with Crippen molar-refractivity contribution in [3.05, 3.63) is 35.9 Å². The third kappa shape index (κ3) is 7.90. The Balaban J connectivity index is 2.06. The average Bonchev–Trinajstić information content (AvgIpc) is 2.49. The first kappa shape index (κ1) is 17.5. The zero-order chi connectivity index (χ0) is 14.6. The van der Waals surface area contributed by atoms with Crippen molar-refractivity contribution in [2.24, 2.45) is 0 Å². The molecule has 0 bridgehead atoms. The second-order valence-electron chi connectivity index (χ2n) is 4.94. The number of aliphatic hydroxyl groups is 1. The highest BCUT2D eigenvalue weighted by Crippen LogP contribution is 2.15. The van der Waals surface area contributed by atoms with Crippen LogP contribution in [0.2, 0.25) is 0 Å². The van der Waals surface area contributed by atoms with Crippen LogP contribution in [-0.2, 0) is 4.74 Å². The Morgan fingerprint density at radius 1 is 1.25 bits per heavy atom. The van der Waals surface area contributed by atoms with Crippen LogP contribution in [0, 0.1) is 0 Å². The number of benzene rings is 1. The van der Waals surface area contributed by atoms with Crippen LogP contribution in [0.25, 0.3) is 0 Å². The van der Waals surface area contributed by atoms with Crippen molar-refractivity contribution in [3.63, 3.8) is 0 Å². The molecule has 0 radical (unpaired) electrons. The molecule has 0 amide bonds. The van der Waals surface area contributed by atoms with Crippen LogP contribution >= 0.6 is 11.8 Å². The molecule has 2 atom stereocenters. The fourth-order valence-corrected chi connectivity index (χ4v) is 2.39. The molecule has 0 aliphatic heterocycles. The predicted octanol–water partition coefficient (Wildman–Crippen LogP) is 2.86. The van der Waals surface area contributed by atoms with Gasteiger partial charge in [-0.05, 0) is 43.9 Å². The Bertz CT molecular complexity index is 335. The topological polar surface area (TPSA) is 41.5 Å². The highest BCUT2D eigenvalue weighted by atomic mass is 32.2. The van der Waals surface area contributed by atoms with E-state index in [1.165, 1.54) is 12.2 Å². The van der Waals surface area contributed by atoms with Gasteiger partial charge in [0.05, 0.1) is 18.8 Å². The number of rotatable bonds is 11. The fraction of sp³-hybridized carbons (Fsp3) is 0.625. The monoisotopic (exact) mass is 297 g/mol. The van der Waals surface area contributed by atoms with Gasteiger partial charge in [-0.2, -0.15) is 11.8 Å². The first-order valence-electron chi connectivity index (χ1n) is 7.28. The minimum absolute atomic E-state index is 0.0208. The van der Waals surface area contributed by atoms with E-state index in [1.54, 1.807) is 0 Å². The van der Waals surface area contributed by atoms with Gasteiger partial charge in [0.15, 0.2) is 0 Å². The Hall–Kier alpha value is -0.550. The van der Waals surface area contributed by atoms with Gasteiger partial charge < -0.3 is 15.2 Å². The molecule has 2 N–H and O–H groups in total. The summed E-state index contributed by atoms with van der Waals surface area (Å²) in [6.45, 7) is 3.94. The van der Waals surface area contributed by atoms with Crippen molar-refractivity contribution in [2.45, 2.75) is 32.0 Å². The number of aliphatic hydroxyl groups excluding tert-OH is 1. The van der Waals surface area contributed by atoms with Gasteiger partial charge in [0.25, 0.3) is 0 Å². The lowest BCUT2D eigenvalue weighted by atomic mass is 10.1. The number of unbranched alkanes of at least 4 members (excludes halogenated alkanes) is 1. The lowest BCUT2D eigenvalue weighted by Gasteiger charge is -2.17. The smallest absolute Gasteiger partial charge is 0.0897 e. The highest BCUT2D eigenvalue weighted by molar-refractivity contribution is 7.98. The highest BCUT2D eigenvalue weighted by Gasteiger charge is 2.09. The molecule has 0 heterocycles. The normalized spacial score (nSPS) is 14.2. The molecule has 0 saturated heterocycles. The molecule has 1 rings (SSSR count). The van der Waals surface area contributed by atoms with E-state index in [9.17, 15) is 5.11 Å². The third-order valence-corrected chi connectivity index (χ3v) is 3.84. The molecule has 0 aromatic heterocycles. The molecule has 0 saturated carbocycles. The maximum atomic E-state index is 9.86. The van der Waals surface area contributed by atoms with E-state index >= 15 is 0 Å². The van der Waals surface area contributed by atoms with Gasteiger partial charge in [0.1, 0.15) is 0 Å². The quantitative estimate of drug-likeness (QED) is 0.616. The van der Waals surface area contributed by atoms with Gasteiger partial charge in [-0.25, -0.2) is 0 Å². The summed E-state index contributed by atoms with van der Waals surface area (Å²) in [5, 5.41) is 13.1. The molecule has 114 valence electrons. The second-order valence-corrected chi connectivity index (χ2v) is 5.93. The second kappa shape index (κ2) is 11.1. The molecule has 3 nitrogen and oxygen atoms in total. The van der Waals surface area contributed by atoms with Gasteiger partial charge in [0.2, 0.25) is 0 Å². The van der Waals surface area contributed by atoms with Gasteiger partial charge in [-0.1, -0.05) is 30.3 Å². The maximum Gasteiger partial charge on any atom is 0.0897 e. The summed E-state index contributed by atoms with van der Waals surface area (Å²) >= 11 is 1.88. The molecular weight excluding hydrogens is 270 g/mol. The van der Waals surface area contributed by atoms with E-state index in [2.05, 4.69) is 11.6 Å². The van der Waals surface area contributed by atoms with Crippen LogP contribution in [0.3, 0.4) is 0 Å². The average molecular weight is 297 g/mol. The van der Waals surface area contributed by atoms with Crippen molar-refractivity contribution in [1.82, 2.24) is 5.32 Å². The molecule has 0 aliphatic carbocycles. The van der Waals surface area contributed by atoms with E-state index in [0.29, 0.717) is 13.2 Å². The number of hydrogen-bond donors (Lipinski definition) is 2. The van der Waals surface area contributed by atoms with Crippen molar-refractivity contribution >= 4 is 11.8 Å². The molecular formula is C16H27NO2S. The van der Waals surface area contributed by atoms with Gasteiger partial charge in [0, 0.05) is 6.54 Å². The number of thioether (sulfide) groups is 1. The Labute approximate surface area is 127 Å². The third-order valence-electron chi connectivity index (χ3n) is 3.14. The molecule has 20 heavy (non-hydrogen) atoms. The van der Waals surface area contributed by atoms with Gasteiger partial charge >= 0.3 is 0 Å². The van der Waals surface area contributed by atoms with Gasteiger partial charge in [-0.15, -0.1) is 0 Å². The largest absolute Gasteiger partial charge is 0.389 e. The van der Waals surface area contributed by atoms with E-state index in [1.807, 2.05) is 49.0 Å². The van der Waals surface area contributed by atoms with Crippen molar-refractivity contribution < 1.29 is 9.84 Å². The van der Waals surface area contributed by atoms with Crippen LogP contribution < -0.4 is 5.32 Å². The van der Waals surface area contributed by atoms with Crippen LogP contribution in [0.5, 0.6) is 0 Å². The van der Waals surface area contributed by atoms with Crippen molar-refractivity contribution in [2.75, 3.05) is 31.7 Å². The molecule has 0 fully saturated rings. The first-order valence-corrected chi connectivity index (χ1v) is 8.67. The molecule has 1 aromatic carbocycles. The minimum Gasteiger partial charge on any atom is -0.389 e. The van der Waals surface area contributed by atoms with E-state index < -0.39 is 6.10 Å². The molecule has 1 aromatic rings. The molecule has 0 spiro atoms. The van der Waals surface area contributed by atoms with Crippen LogP contribution in [0.15, 0.2) is 30.3 Å². The SMILES string of the molecule is CSCCCCNCC(O)COC(C)c1ccccc1. The van der Waals surface area contributed by atoms with Crippen molar-refractivity contribution in [1.29, 1.82) is 0 Å². The Kier molecular flexibility index (Phi) is 9.75. The molecule has 4 heteroatoms. The maximum absolute atomic E-state index is 9.86. The van der Waals surface area contributed by atoms with E-state index in [0.717, 1.165) is 18.5 Å². The first-order chi connectivity index (χ1) is 9.74. The Morgan fingerprint density at radius 2 is 2.00 bits per heavy atom. The molecule has 2 unspecified atom stereocenters. The van der Waals surface area contributed by atoms with Crippen LogP contribution in [0.4, 0.5) is 0 Å². The number of ether oxygens (including phenoxy) is 1. The van der Waals surface area contributed by atoms with Gasteiger partial charge in [-0.3, -0.25) is 0 Å². The lowest BCUT2D eigenvalue weighted by molar-refractivity contribution is -0.00196. The van der Waals surface area contributed by atoms with E-state index in [-0.39, 0.29) is 6.10 Å². The zero-order valence-corrected chi connectivity index (χ0v) is 13.4. The summed E-state index contributed by atoms with van der Waals surface area (Å²) in [7, 11) is 0. The predicted molar refractivity (Wildman–Crippen MR) is 87.3 cm³/mol. The summed E-state index contributed by atoms with van der Waals surface area (Å²) in [5.41, 5.74) is 1.14. The lowest BCUT2D eigenvalue weighted by Crippen LogP contribution is -2.31. The zero-order valence-electron chi connectivity index (χ0n) is 12.5. The summed E-state index contributed by atoms with van der Waals surface area (Å²) in [6.07, 6.45) is 4.09.